The Morgan fingerprint density at radius 3 is 2.57 bits per heavy atom. The molecule has 0 aliphatic heterocycles. The third kappa shape index (κ3) is 3.17. The van der Waals surface area contributed by atoms with E-state index in [1.54, 1.807) is 6.07 Å². The molecule has 0 spiro atoms. The molecule has 2 aromatic carbocycles. The van der Waals surface area contributed by atoms with E-state index in [1.165, 1.54) is 0 Å². The quantitative estimate of drug-likeness (QED) is 0.760. The molecular weight excluding hydrogens is 309 g/mol. The molecule has 0 bridgehead atoms. The van der Waals surface area contributed by atoms with Crippen LogP contribution in [0.2, 0.25) is 10.0 Å². The monoisotopic (exact) mass is 319 g/mol. The van der Waals surface area contributed by atoms with Crippen molar-refractivity contribution in [2.75, 3.05) is 5.32 Å². The van der Waals surface area contributed by atoms with Crippen LogP contribution in [-0.4, -0.2) is 10.2 Å². The maximum absolute atomic E-state index is 6.10. The van der Waals surface area contributed by atoms with E-state index in [9.17, 15) is 0 Å². The number of benzene rings is 2. The van der Waals surface area contributed by atoms with Crippen molar-refractivity contribution in [3.63, 3.8) is 0 Å². The molecule has 3 aromatic rings. The molecule has 4 nitrogen and oxygen atoms in total. The van der Waals surface area contributed by atoms with Crippen LogP contribution >= 0.6 is 23.2 Å². The van der Waals surface area contributed by atoms with Gasteiger partial charge in [0.05, 0.1) is 22.3 Å². The van der Waals surface area contributed by atoms with Gasteiger partial charge in [0.2, 0.25) is 11.8 Å². The van der Waals surface area contributed by atoms with Crippen molar-refractivity contribution in [1.29, 1.82) is 0 Å². The average molecular weight is 320 g/mol. The van der Waals surface area contributed by atoms with E-state index in [0.29, 0.717) is 28.4 Å². The van der Waals surface area contributed by atoms with E-state index in [2.05, 4.69) is 15.5 Å². The lowest BCUT2D eigenvalue weighted by molar-refractivity contribution is 0.515. The first-order valence-corrected chi connectivity index (χ1v) is 7.05. The molecule has 1 N–H and O–H groups in total. The van der Waals surface area contributed by atoms with Crippen molar-refractivity contribution >= 4 is 28.9 Å². The Labute approximate surface area is 131 Å². The number of anilines is 1. The van der Waals surface area contributed by atoms with Crippen LogP contribution in [0.5, 0.6) is 0 Å². The molecule has 6 heteroatoms. The van der Waals surface area contributed by atoms with E-state index >= 15 is 0 Å². The van der Waals surface area contributed by atoms with Gasteiger partial charge in [-0.1, -0.05) is 47.5 Å². The molecule has 0 aliphatic carbocycles. The highest BCUT2D eigenvalue weighted by Crippen LogP contribution is 2.29. The van der Waals surface area contributed by atoms with Gasteiger partial charge >= 0.3 is 0 Å². The second-order valence-corrected chi connectivity index (χ2v) is 5.11. The minimum absolute atomic E-state index is 0.375. The second-order valence-electron chi connectivity index (χ2n) is 4.32. The van der Waals surface area contributed by atoms with Crippen LogP contribution in [-0.2, 0) is 6.54 Å². The number of nitrogens with one attached hydrogen (secondary N) is 1. The molecule has 0 amide bonds. The Bertz CT molecular complexity index is 744. The summed E-state index contributed by atoms with van der Waals surface area (Å²) in [6.45, 7) is 0.375. The number of halogens is 2. The van der Waals surface area contributed by atoms with Crippen LogP contribution in [0.15, 0.2) is 52.9 Å². The zero-order chi connectivity index (χ0) is 14.7. The van der Waals surface area contributed by atoms with E-state index in [-0.39, 0.29) is 0 Å². The fourth-order valence-corrected chi connectivity index (χ4v) is 2.20. The summed E-state index contributed by atoms with van der Waals surface area (Å²) in [5.41, 5.74) is 1.61. The molecule has 0 saturated heterocycles. The van der Waals surface area contributed by atoms with Gasteiger partial charge in [0.1, 0.15) is 0 Å². The SMILES string of the molecule is Clc1cccc(NCc2nnc(-c3ccccc3)o2)c1Cl. The van der Waals surface area contributed by atoms with Gasteiger partial charge in [0.15, 0.2) is 0 Å². The molecule has 0 atom stereocenters. The van der Waals surface area contributed by atoms with Gasteiger partial charge in [0, 0.05) is 5.56 Å². The summed E-state index contributed by atoms with van der Waals surface area (Å²) in [5.74, 6) is 0.967. The summed E-state index contributed by atoms with van der Waals surface area (Å²) in [4.78, 5) is 0. The third-order valence-electron chi connectivity index (χ3n) is 2.87. The Morgan fingerprint density at radius 1 is 0.952 bits per heavy atom. The summed E-state index contributed by atoms with van der Waals surface area (Å²) in [6, 6.07) is 15.0. The first kappa shape index (κ1) is 13.9. The molecule has 0 radical (unpaired) electrons. The number of hydrogen-bond acceptors (Lipinski definition) is 4. The van der Waals surface area contributed by atoms with Crippen LogP contribution in [0.25, 0.3) is 11.5 Å². The van der Waals surface area contributed by atoms with Gasteiger partial charge in [-0.25, -0.2) is 0 Å². The smallest absolute Gasteiger partial charge is 0.247 e. The lowest BCUT2D eigenvalue weighted by atomic mass is 10.2. The van der Waals surface area contributed by atoms with E-state index in [0.717, 1.165) is 11.3 Å². The van der Waals surface area contributed by atoms with Crippen LogP contribution in [0.3, 0.4) is 0 Å². The van der Waals surface area contributed by atoms with Crippen LogP contribution < -0.4 is 5.32 Å². The Kier molecular flexibility index (Phi) is 4.08. The van der Waals surface area contributed by atoms with Crippen molar-refractivity contribution in [1.82, 2.24) is 10.2 Å². The Morgan fingerprint density at radius 2 is 1.76 bits per heavy atom. The molecule has 0 aliphatic rings. The van der Waals surface area contributed by atoms with Gasteiger partial charge in [0.25, 0.3) is 0 Å². The fraction of sp³-hybridized carbons (Fsp3) is 0.0667. The average Bonchev–Trinajstić information content (AvgIpc) is 2.99. The molecule has 3 rings (SSSR count). The largest absolute Gasteiger partial charge is 0.419 e. The predicted octanol–water partition coefficient (Wildman–Crippen LogP) is 4.66. The number of hydrogen-bond donors (Lipinski definition) is 1. The van der Waals surface area contributed by atoms with Crippen LogP contribution in [0.1, 0.15) is 5.89 Å². The van der Waals surface area contributed by atoms with Crippen molar-refractivity contribution < 1.29 is 4.42 Å². The van der Waals surface area contributed by atoms with Gasteiger partial charge < -0.3 is 9.73 Å². The summed E-state index contributed by atoms with van der Waals surface area (Å²) >= 11 is 12.1. The molecule has 21 heavy (non-hydrogen) atoms. The van der Waals surface area contributed by atoms with E-state index < -0.39 is 0 Å². The van der Waals surface area contributed by atoms with Crippen molar-refractivity contribution in [2.24, 2.45) is 0 Å². The zero-order valence-corrected chi connectivity index (χ0v) is 12.4. The molecular formula is C15H11Cl2N3O. The molecule has 1 aromatic heterocycles. The van der Waals surface area contributed by atoms with Gasteiger partial charge in [-0.05, 0) is 24.3 Å². The minimum Gasteiger partial charge on any atom is -0.419 e. The third-order valence-corrected chi connectivity index (χ3v) is 3.69. The standard InChI is InChI=1S/C15H11Cl2N3O/c16-11-7-4-8-12(14(11)17)18-9-13-19-20-15(21-13)10-5-2-1-3-6-10/h1-8,18H,9H2. The Balaban J connectivity index is 1.72. The lowest BCUT2D eigenvalue weighted by Gasteiger charge is -2.06. The molecule has 0 saturated carbocycles. The lowest BCUT2D eigenvalue weighted by Crippen LogP contribution is -2.00. The number of aromatic nitrogens is 2. The Hall–Kier alpha value is -2.04. The fourth-order valence-electron chi connectivity index (χ4n) is 1.83. The van der Waals surface area contributed by atoms with E-state index in [4.69, 9.17) is 27.6 Å². The van der Waals surface area contributed by atoms with Crippen LogP contribution in [0, 0.1) is 0 Å². The summed E-state index contributed by atoms with van der Waals surface area (Å²) in [5, 5.41) is 12.1. The van der Waals surface area contributed by atoms with Crippen molar-refractivity contribution in [2.45, 2.75) is 6.54 Å². The number of rotatable bonds is 4. The molecule has 0 fully saturated rings. The first-order valence-electron chi connectivity index (χ1n) is 6.30. The molecule has 106 valence electrons. The topological polar surface area (TPSA) is 51.0 Å². The normalized spacial score (nSPS) is 10.6. The van der Waals surface area contributed by atoms with Crippen molar-refractivity contribution in [3.8, 4) is 11.5 Å². The molecule has 0 unspecified atom stereocenters. The minimum atomic E-state index is 0.375. The summed E-state index contributed by atoms with van der Waals surface area (Å²) in [7, 11) is 0. The zero-order valence-electron chi connectivity index (χ0n) is 10.9. The highest BCUT2D eigenvalue weighted by Gasteiger charge is 2.09. The van der Waals surface area contributed by atoms with Gasteiger partial charge in [-0.3, -0.25) is 0 Å². The van der Waals surface area contributed by atoms with Gasteiger partial charge in [-0.15, -0.1) is 10.2 Å². The van der Waals surface area contributed by atoms with E-state index in [1.807, 2.05) is 42.5 Å². The summed E-state index contributed by atoms with van der Waals surface area (Å²) in [6.07, 6.45) is 0. The predicted molar refractivity (Wildman–Crippen MR) is 83.5 cm³/mol. The van der Waals surface area contributed by atoms with Gasteiger partial charge in [-0.2, -0.15) is 0 Å². The highest BCUT2D eigenvalue weighted by atomic mass is 35.5. The maximum Gasteiger partial charge on any atom is 0.247 e. The number of nitrogens with zero attached hydrogens (tertiary/aromatic N) is 2. The second kappa shape index (κ2) is 6.16. The first-order chi connectivity index (χ1) is 10.2. The summed E-state index contributed by atoms with van der Waals surface area (Å²) < 4.78 is 5.60. The van der Waals surface area contributed by atoms with Crippen molar-refractivity contribution in [3.05, 3.63) is 64.5 Å². The maximum atomic E-state index is 6.10. The van der Waals surface area contributed by atoms with Crippen LogP contribution in [0.4, 0.5) is 5.69 Å². The highest BCUT2D eigenvalue weighted by molar-refractivity contribution is 6.43. The molecule has 1 heterocycles.